The fraction of sp³-hybridized carbons (Fsp3) is 0.321. The molecule has 0 atom stereocenters. The summed E-state index contributed by atoms with van der Waals surface area (Å²) in [5.74, 6) is 1.15. The maximum atomic E-state index is 13.3. The lowest BCUT2D eigenvalue weighted by Crippen LogP contribution is -2.48. The summed E-state index contributed by atoms with van der Waals surface area (Å²) in [5, 5.41) is 0.656. The van der Waals surface area contributed by atoms with Gasteiger partial charge in [0.15, 0.2) is 0 Å². The lowest BCUT2D eigenvalue weighted by Gasteiger charge is -2.36. The zero-order valence-corrected chi connectivity index (χ0v) is 21.4. The predicted octanol–water partition coefficient (Wildman–Crippen LogP) is 6.61. The SMILES string of the molecule is CCOc1ccc(C(=O)N2CCN(c3cccc(C(F)(F)F)c3)CC2)cc1COc1ccc(Cl)c(C)c1. The summed E-state index contributed by atoms with van der Waals surface area (Å²) in [6, 6.07) is 15.9. The number of rotatable bonds is 7. The van der Waals surface area contributed by atoms with Crippen molar-refractivity contribution in [3.8, 4) is 11.5 Å². The third-order valence-electron chi connectivity index (χ3n) is 6.24. The molecule has 0 unspecified atom stereocenters. The summed E-state index contributed by atoms with van der Waals surface area (Å²) in [4.78, 5) is 16.8. The minimum atomic E-state index is -4.39. The molecule has 196 valence electrons. The number of ether oxygens (including phenoxy) is 2. The first kappa shape index (κ1) is 26.7. The van der Waals surface area contributed by atoms with E-state index in [2.05, 4.69) is 0 Å². The highest BCUT2D eigenvalue weighted by Crippen LogP contribution is 2.32. The minimum Gasteiger partial charge on any atom is -0.493 e. The molecule has 37 heavy (non-hydrogen) atoms. The number of nitrogens with zero attached hydrogens (tertiary/aromatic N) is 2. The first-order valence-corrected chi connectivity index (χ1v) is 12.4. The number of benzene rings is 3. The van der Waals surface area contributed by atoms with Crippen molar-refractivity contribution in [2.75, 3.05) is 37.7 Å². The van der Waals surface area contributed by atoms with Crippen molar-refractivity contribution in [1.29, 1.82) is 0 Å². The van der Waals surface area contributed by atoms with Crippen LogP contribution in [0.4, 0.5) is 18.9 Å². The summed E-state index contributed by atoms with van der Waals surface area (Å²) in [6.45, 7) is 6.14. The maximum absolute atomic E-state index is 13.3. The van der Waals surface area contributed by atoms with Crippen LogP contribution in [0.1, 0.15) is 34.0 Å². The van der Waals surface area contributed by atoms with E-state index < -0.39 is 11.7 Å². The van der Waals surface area contributed by atoms with Gasteiger partial charge >= 0.3 is 6.18 Å². The van der Waals surface area contributed by atoms with E-state index in [0.717, 1.165) is 23.3 Å². The Kier molecular flexibility index (Phi) is 8.17. The first-order chi connectivity index (χ1) is 17.7. The van der Waals surface area contributed by atoms with Crippen LogP contribution in [-0.2, 0) is 12.8 Å². The molecule has 3 aromatic rings. The number of anilines is 1. The predicted molar refractivity (Wildman–Crippen MR) is 138 cm³/mol. The number of halogens is 4. The van der Waals surface area contributed by atoms with E-state index >= 15 is 0 Å². The number of carbonyl (C=O) groups is 1. The Bertz CT molecular complexity index is 1260. The van der Waals surface area contributed by atoms with Gasteiger partial charge in [0.1, 0.15) is 18.1 Å². The highest BCUT2D eigenvalue weighted by molar-refractivity contribution is 6.31. The van der Waals surface area contributed by atoms with Gasteiger partial charge in [-0.25, -0.2) is 0 Å². The fourth-order valence-corrected chi connectivity index (χ4v) is 4.34. The summed E-state index contributed by atoms with van der Waals surface area (Å²) in [7, 11) is 0. The van der Waals surface area contributed by atoms with Crippen molar-refractivity contribution in [2.24, 2.45) is 0 Å². The Labute approximate surface area is 219 Å². The Morgan fingerprint density at radius 1 is 0.973 bits per heavy atom. The Morgan fingerprint density at radius 3 is 2.41 bits per heavy atom. The van der Waals surface area contributed by atoms with Gasteiger partial charge in [-0.05, 0) is 74.0 Å². The molecule has 1 heterocycles. The van der Waals surface area contributed by atoms with Crippen molar-refractivity contribution in [2.45, 2.75) is 26.6 Å². The molecule has 0 aliphatic carbocycles. The molecule has 1 saturated heterocycles. The standard InChI is InChI=1S/C28H28ClF3N2O3/c1-3-36-26-10-7-20(16-21(26)18-37-24-8-9-25(29)19(2)15-24)27(35)34-13-11-33(12-14-34)23-6-4-5-22(17-23)28(30,31)32/h4-10,15-17H,3,11-14,18H2,1-2H3. The number of aryl methyl sites for hydroxylation is 1. The summed E-state index contributed by atoms with van der Waals surface area (Å²) in [6.07, 6.45) is -4.39. The van der Waals surface area contributed by atoms with Crippen LogP contribution in [0.5, 0.6) is 11.5 Å². The van der Waals surface area contributed by atoms with Crippen LogP contribution in [0.3, 0.4) is 0 Å². The summed E-state index contributed by atoms with van der Waals surface area (Å²) >= 11 is 6.10. The maximum Gasteiger partial charge on any atom is 0.416 e. The van der Waals surface area contributed by atoms with Crippen LogP contribution in [0.2, 0.25) is 5.02 Å². The molecule has 3 aromatic carbocycles. The van der Waals surface area contributed by atoms with Crippen molar-refractivity contribution < 1.29 is 27.4 Å². The number of alkyl halides is 3. The van der Waals surface area contributed by atoms with E-state index in [4.69, 9.17) is 21.1 Å². The molecule has 0 N–H and O–H groups in total. The van der Waals surface area contributed by atoms with Gasteiger partial charge in [0.2, 0.25) is 0 Å². The van der Waals surface area contributed by atoms with E-state index in [1.165, 1.54) is 6.07 Å². The molecule has 1 fully saturated rings. The van der Waals surface area contributed by atoms with Gasteiger partial charge in [-0.3, -0.25) is 4.79 Å². The highest BCUT2D eigenvalue weighted by Gasteiger charge is 2.31. The Morgan fingerprint density at radius 2 is 1.73 bits per heavy atom. The van der Waals surface area contributed by atoms with Gasteiger partial charge in [-0.15, -0.1) is 0 Å². The smallest absolute Gasteiger partial charge is 0.416 e. The van der Waals surface area contributed by atoms with Gasteiger partial charge < -0.3 is 19.3 Å². The molecule has 0 aromatic heterocycles. The molecule has 0 bridgehead atoms. The second-order valence-corrected chi connectivity index (χ2v) is 9.19. The third kappa shape index (κ3) is 6.49. The summed E-state index contributed by atoms with van der Waals surface area (Å²) in [5.41, 5.74) is 1.96. The van der Waals surface area contributed by atoms with Gasteiger partial charge in [-0.2, -0.15) is 13.2 Å². The third-order valence-corrected chi connectivity index (χ3v) is 6.66. The minimum absolute atomic E-state index is 0.143. The molecule has 0 spiro atoms. The lowest BCUT2D eigenvalue weighted by atomic mass is 10.1. The van der Waals surface area contributed by atoms with Crippen molar-refractivity contribution in [1.82, 2.24) is 4.90 Å². The van der Waals surface area contributed by atoms with Gasteiger partial charge in [0, 0.05) is 48.0 Å². The molecular weight excluding hydrogens is 505 g/mol. The zero-order chi connectivity index (χ0) is 26.6. The second kappa shape index (κ2) is 11.3. The molecule has 0 saturated carbocycles. The van der Waals surface area contributed by atoms with Crippen molar-refractivity contribution in [3.63, 3.8) is 0 Å². The molecule has 9 heteroatoms. The number of carbonyl (C=O) groups excluding carboxylic acids is 1. The molecule has 1 aliphatic heterocycles. The van der Waals surface area contributed by atoms with Crippen LogP contribution in [0.25, 0.3) is 0 Å². The van der Waals surface area contributed by atoms with Gasteiger partial charge in [0.25, 0.3) is 5.91 Å². The molecule has 1 aliphatic rings. The number of hydrogen-bond donors (Lipinski definition) is 0. The van der Waals surface area contributed by atoms with Crippen LogP contribution >= 0.6 is 11.6 Å². The molecule has 0 radical (unpaired) electrons. The van der Waals surface area contributed by atoms with E-state index in [9.17, 15) is 18.0 Å². The van der Waals surface area contributed by atoms with E-state index in [0.29, 0.717) is 60.6 Å². The average molecular weight is 533 g/mol. The number of piperazine rings is 1. The monoisotopic (exact) mass is 532 g/mol. The van der Waals surface area contributed by atoms with Gasteiger partial charge in [-0.1, -0.05) is 17.7 Å². The highest BCUT2D eigenvalue weighted by atomic mass is 35.5. The normalized spacial score (nSPS) is 14.0. The molecule has 5 nitrogen and oxygen atoms in total. The van der Waals surface area contributed by atoms with E-state index in [-0.39, 0.29) is 12.5 Å². The van der Waals surface area contributed by atoms with Crippen LogP contribution in [0.15, 0.2) is 60.7 Å². The van der Waals surface area contributed by atoms with Crippen LogP contribution in [0, 0.1) is 6.92 Å². The molecule has 1 amide bonds. The van der Waals surface area contributed by atoms with Crippen LogP contribution < -0.4 is 14.4 Å². The van der Waals surface area contributed by atoms with E-state index in [1.54, 1.807) is 41.3 Å². The van der Waals surface area contributed by atoms with Gasteiger partial charge in [0.05, 0.1) is 12.2 Å². The topological polar surface area (TPSA) is 42.0 Å². The van der Waals surface area contributed by atoms with Crippen molar-refractivity contribution >= 4 is 23.2 Å². The zero-order valence-electron chi connectivity index (χ0n) is 20.6. The Balaban J connectivity index is 1.44. The van der Waals surface area contributed by atoms with Crippen molar-refractivity contribution in [3.05, 3.63) is 87.9 Å². The number of hydrogen-bond acceptors (Lipinski definition) is 4. The lowest BCUT2D eigenvalue weighted by molar-refractivity contribution is -0.137. The largest absolute Gasteiger partial charge is 0.493 e. The number of amides is 1. The average Bonchev–Trinajstić information content (AvgIpc) is 2.89. The first-order valence-electron chi connectivity index (χ1n) is 12.0. The second-order valence-electron chi connectivity index (χ2n) is 8.78. The quantitative estimate of drug-likeness (QED) is 0.343. The van der Waals surface area contributed by atoms with Crippen LogP contribution in [-0.4, -0.2) is 43.6 Å². The summed E-state index contributed by atoms with van der Waals surface area (Å²) < 4.78 is 50.9. The molecular formula is C28H28ClF3N2O3. The Hall–Kier alpha value is -3.39. The van der Waals surface area contributed by atoms with E-state index in [1.807, 2.05) is 24.8 Å². The molecule has 4 rings (SSSR count). The fourth-order valence-electron chi connectivity index (χ4n) is 4.22.